The van der Waals surface area contributed by atoms with E-state index in [0.717, 1.165) is 15.8 Å². The Morgan fingerprint density at radius 2 is 2.33 bits per heavy atom. The van der Waals surface area contributed by atoms with Gasteiger partial charge in [-0.05, 0) is 24.1 Å². The molecule has 0 saturated heterocycles. The molecule has 2 nitrogen and oxygen atoms in total. The lowest BCUT2D eigenvalue weighted by Crippen LogP contribution is -2.14. The maximum absolute atomic E-state index is 10.8. The van der Waals surface area contributed by atoms with Crippen LogP contribution in [0.5, 0.6) is 0 Å². The Morgan fingerprint density at radius 1 is 1.60 bits per heavy atom. The van der Waals surface area contributed by atoms with E-state index in [0.29, 0.717) is 6.42 Å². The predicted molar refractivity (Wildman–Crippen MR) is 67.2 cm³/mol. The fourth-order valence-corrected chi connectivity index (χ4v) is 2.59. The number of benzene rings is 1. The minimum absolute atomic E-state index is 0.302. The van der Waals surface area contributed by atoms with Crippen LogP contribution in [0.1, 0.15) is 18.9 Å². The normalized spacial score (nSPS) is 12.4. The number of halogens is 1. The maximum atomic E-state index is 10.8. The van der Waals surface area contributed by atoms with E-state index < -0.39 is 5.97 Å². The van der Waals surface area contributed by atoms with Crippen LogP contribution < -0.4 is 0 Å². The van der Waals surface area contributed by atoms with Crippen molar-refractivity contribution in [3.8, 4) is 0 Å². The summed E-state index contributed by atoms with van der Waals surface area (Å²) in [6.45, 7) is 1.90. The Bertz CT molecular complexity index is 341. The lowest BCUT2D eigenvalue weighted by atomic mass is 10.2. The van der Waals surface area contributed by atoms with Crippen LogP contribution >= 0.6 is 27.7 Å². The average molecular weight is 289 g/mol. The second kappa shape index (κ2) is 6.18. The first-order valence-corrected chi connectivity index (χ1v) is 6.56. The van der Waals surface area contributed by atoms with Crippen LogP contribution in [-0.4, -0.2) is 16.3 Å². The Morgan fingerprint density at radius 3 is 2.87 bits per heavy atom. The third kappa shape index (κ3) is 4.26. The van der Waals surface area contributed by atoms with Gasteiger partial charge < -0.3 is 5.11 Å². The zero-order valence-corrected chi connectivity index (χ0v) is 10.8. The summed E-state index contributed by atoms with van der Waals surface area (Å²) < 4.78 is 1.03. The third-order valence-electron chi connectivity index (χ3n) is 1.99. The molecule has 0 amide bonds. The first kappa shape index (κ1) is 12.6. The summed E-state index contributed by atoms with van der Waals surface area (Å²) in [7, 11) is 0. The van der Waals surface area contributed by atoms with Crippen molar-refractivity contribution in [2.45, 2.75) is 24.3 Å². The molecule has 82 valence electrons. The molecule has 4 heteroatoms. The Kier molecular flexibility index (Phi) is 5.19. The van der Waals surface area contributed by atoms with Crippen LogP contribution in [0.3, 0.4) is 0 Å². The molecule has 0 radical (unpaired) electrons. The van der Waals surface area contributed by atoms with Crippen LogP contribution in [0, 0.1) is 0 Å². The molecule has 1 aromatic carbocycles. The predicted octanol–water partition coefficient (Wildman–Crippen LogP) is 3.55. The lowest BCUT2D eigenvalue weighted by molar-refractivity contribution is -0.136. The van der Waals surface area contributed by atoms with E-state index in [1.54, 1.807) is 0 Å². The third-order valence-corrected chi connectivity index (χ3v) is 3.92. The van der Waals surface area contributed by atoms with Gasteiger partial charge in [0.1, 0.15) is 5.25 Å². The van der Waals surface area contributed by atoms with Crippen molar-refractivity contribution in [3.63, 3.8) is 0 Å². The minimum atomic E-state index is -0.725. The summed E-state index contributed by atoms with van der Waals surface area (Å²) in [5, 5.41) is 8.57. The molecule has 0 heterocycles. The van der Waals surface area contributed by atoms with Crippen molar-refractivity contribution < 1.29 is 9.90 Å². The Labute approximate surface area is 102 Å². The van der Waals surface area contributed by atoms with E-state index in [-0.39, 0.29) is 5.25 Å². The summed E-state index contributed by atoms with van der Waals surface area (Å²) >= 11 is 4.86. The number of thioether (sulfide) groups is 1. The standard InChI is InChI=1S/C11H13BrO2S/c1-2-10(11(13)14)15-7-8-4-3-5-9(12)6-8/h3-6,10H,2,7H2,1H3,(H,13,14). The van der Waals surface area contributed by atoms with Gasteiger partial charge in [0.05, 0.1) is 0 Å². The molecule has 1 atom stereocenters. The number of hydrogen-bond donors (Lipinski definition) is 1. The summed E-state index contributed by atoms with van der Waals surface area (Å²) in [5.41, 5.74) is 1.15. The quantitative estimate of drug-likeness (QED) is 0.900. The van der Waals surface area contributed by atoms with E-state index in [2.05, 4.69) is 15.9 Å². The second-order valence-electron chi connectivity index (χ2n) is 3.18. The molecule has 0 aliphatic heterocycles. The maximum Gasteiger partial charge on any atom is 0.316 e. The highest BCUT2D eigenvalue weighted by Gasteiger charge is 2.14. The monoisotopic (exact) mass is 288 g/mol. The van der Waals surface area contributed by atoms with Crippen molar-refractivity contribution in [1.82, 2.24) is 0 Å². The summed E-state index contributed by atoms with van der Waals surface area (Å²) in [5.74, 6) is 0.0158. The molecular formula is C11H13BrO2S. The van der Waals surface area contributed by atoms with Gasteiger partial charge in [-0.2, -0.15) is 0 Å². The highest BCUT2D eigenvalue weighted by molar-refractivity contribution is 9.10. The summed E-state index contributed by atoms with van der Waals surface area (Å²) in [6.07, 6.45) is 0.661. The van der Waals surface area contributed by atoms with Crippen LogP contribution in [0.4, 0.5) is 0 Å². The van der Waals surface area contributed by atoms with Gasteiger partial charge in [-0.15, -0.1) is 11.8 Å². The largest absolute Gasteiger partial charge is 0.480 e. The molecule has 0 aromatic heterocycles. The summed E-state index contributed by atoms with van der Waals surface area (Å²) in [4.78, 5) is 10.8. The highest BCUT2D eigenvalue weighted by atomic mass is 79.9. The zero-order valence-electron chi connectivity index (χ0n) is 8.44. The van der Waals surface area contributed by atoms with E-state index in [9.17, 15) is 4.79 Å². The topological polar surface area (TPSA) is 37.3 Å². The van der Waals surface area contributed by atoms with Gasteiger partial charge in [0.15, 0.2) is 0 Å². The Balaban J connectivity index is 2.52. The van der Waals surface area contributed by atoms with Crippen LogP contribution in [0.2, 0.25) is 0 Å². The van der Waals surface area contributed by atoms with Crippen LogP contribution in [-0.2, 0) is 10.5 Å². The first-order valence-electron chi connectivity index (χ1n) is 4.72. The van der Waals surface area contributed by atoms with Gasteiger partial charge >= 0.3 is 5.97 Å². The molecule has 0 fully saturated rings. The molecule has 0 aliphatic carbocycles. The van der Waals surface area contributed by atoms with Crippen LogP contribution in [0.25, 0.3) is 0 Å². The SMILES string of the molecule is CCC(SCc1cccc(Br)c1)C(=O)O. The molecule has 1 aromatic rings. The number of rotatable bonds is 5. The molecule has 15 heavy (non-hydrogen) atoms. The zero-order chi connectivity index (χ0) is 11.3. The number of carboxylic acids is 1. The molecule has 1 rings (SSSR count). The van der Waals surface area contributed by atoms with Gasteiger partial charge in [-0.1, -0.05) is 35.0 Å². The summed E-state index contributed by atoms with van der Waals surface area (Å²) in [6, 6.07) is 7.94. The van der Waals surface area contributed by atoms with Crippen molar-refractivity contribution in [2.75, 3.05) is 0 Å². The first-order chi connectivity index (χ1) is 7.13. The van der Waals surface area contributed by atoms with Gasteiger partial charge in [0.25, 0.3) is 0 Å². The second-order valence-corrected chi connectivity index (χ2v) is 5.28. The molecule has 0 aliphatic rings. The molecule has 0 saturated carbocycles. The molecule has 1 N–H and O–H groups in total. The van der Waals surface area contributed by atoms with Crippen molar-refractivity contribution in [2.24, 2.45) is 0 Å². The van der Waals surface area contributed by atoms with Crippen molar-refractivity contribution in [1.29, 1.82) is 0 Å². The molecule has 0 bridgehead atoms. The van der Waals surface area contributed by atoms with Gasteiger partial charge in [0, 0.05) is 10.2 Å². The molecule has 0 spiro atoms. The highest BCUT2D eigenvalue weighted by Crippen LogP contribution is 2.22. The van der Waals surface area contributed by atoms with E-state index >= 15 is 0 Å². The average Bonchev–Trinajstić information content (AvgIpc) is 2.18. The van der Waals surface area contributed by atoms with E-state index in [4.69, 9.17) is 5.11 Å². The number of hydrogen-bond acceptors (Lipinski definition) is 2. The van der Waals surface area contributed by atoms with Gasteiger partial charge in [0.2, 0.25) is 0 Å². The minimum Gasteiger partial charge on any atom is -0.480 e. The van der Waals surface area contributed by atoms with Crippen molar-refractivity contribution in [3.05, 3.63) is 34.3 Å². The number of carbonyl (C=O) groups is 1. The smallest absolute Gasteiger partial charge is 0.316 e. The number of carboxylic acid groups (broad SMARTS) is 1. The molecule has 1 unspecified atom stereocenters. The van der Waals surface area contributed by atoms with Crippen molar-refractivity contribution >= 4 is 33.7 Å². The van der Waals surface area contributed by atoms with E-state index in [1.165, 1.54) is 11.8 Å². The number of aliphatic carboxylic acids is 1. The van der Waals surface area contributed by atoms with Gasteiger partial charge in [-0.3, -0.25) is 4.79 Å². The fourth-order valence-electron chi connectivity index (χ4n) is 1.19. The lowest BCUT2D eigenvalue weighted by Gasteiger charge is -2.09. The van der Waals surface area contributed by atoms with Gasteiger partial charge in [-0.25, -0.2) is 0 Å². The fraction of sp³-hybridized carbons (Fsp3) is 0.364. The Hall–Kier alpha value is -0.480. The molecular weight excluding hydrogens is 276 g/mol. The van der Waals surface area contributed by atoms with Crippen LogP contribution in [0.15, 0.2) is 28.7 Å². The van der Waals surface area contributed by atoms with E-state index in [1.807, 2.05) is 31.2 Å².